The van der Waals surface area contributed by atoms with Crippen LogP contribution in [0.3, 0.4) is 0 Å². The summed E-state index contributed by atoms with van der Waals surface area (Å²) in [7, 11) is -3.71. The van der Waals surface area contributed by atoms with Gasteiger partial charge in [0, 0.05) is 11.0 Å². The molecule has 1 aromatic heterocycles. The lowest BCUT2D eigenvalue weighted by molar-refractivity contribution is -0.138. The van der Waals surface area contributed by atoms with Crippen molar-refractivity contribution in [3.8, 4) is 5.75 Å². The molecule has 2 N–H and O–H groups in total. The summed E-state index contributed by atoms with van der Waals surface area (Å²) >= 11 is 1.52. The molecular formula is C15H15NO5S2. The first-order valence-electron chi connectivity index (χ1n) is 6.59. The summed E-state index contributed by atoms with van der Waals surface area (Å²) in [5.74, 6) is 0.00847. The van der Waals surface area contributed by atoms with Gasteiger partial charge in [-0.15, -0.1) is 11.3 Å². The van der Waals surface area contributed by atoms with Gasteiger partial charge >= 0.3 is 5.97 Å². The van der Waals surface area contributed by atoms with Gasteiger partial charge in [-0.05, 0) is 41.8 Å². The molecule has 0 radical (unpaired) electrons. The molecule has 0 saturated carbocycles. The van der Waals surface area contributed by atoms with Gasteiger partial charge < -0.3 is 9.47 Å². The molecule has 0 aliphatic rings. The fourth-order valence-corrected chi connectivity index (χ4v) is 2.75. The third-order valence-electron chi connectivity index (χ3n) is 2.68. The van der Waals surface area contributed by atoms with Gasteiger partial charge in [0.1, 0.15) is 19.0 Å². The zero-order valence-electron chi connectivity index (χ0n) is 12.0. The Labute approximate surface area is 138 Å². The maximum Gasteiger partial charge on any atom is 0.330 e. The van der Waals surface area contributed by atoms with Crippen molar-refractivity contribution in [1.82, 2.24) is 0 Å². The van der Waals surface area contributed by atoms with Crippen LogP contribution in [0.1, 0.15) is 4.88 Å². The highest BCUT2D eigenvalue weighted by Crippen LogP contribution is 2.14. The van der Waals surface area contributed by atoms with Crippen LogP contribution in [0.2, 0.25) is 0 Å². The number of hydrogen-bond donors (Lipinski definition) is 1. The van der Waals surface area contributed by atoms with Crippen molar-refractivity contribution < 1.29 is 22.7 Å². The van der Waals surface area contributed by atoms with E-state index in [0.717, 1.165) is 4.88 Å². The second-order valence-electron chi connectivity index (χ2n) is 4.38. The average molecular weight is 353 g/mol. The first-order chi connectivity index (χ1) is 10.9. The van der Waals surface area contributed by atoms with Gasteiger partial charge in [0.25, 0.3) is 0 Å². The van der Waals surface area contributed by atoms with E-state index >= 15 is 0 Å². The SMILES string of the molecule is NS(=O)(=O)c1ccc(OCCOC(=O)/C=C/c2cccs2)cc1. The highest BCUT2D eigenvalue weighted by atomic mass is 32.2. The number of carbonyl (C=O) groups excluding carboxylic acids is 1. The maximum absolute atomic E-state index is 11.5. The molecule has 0 unspecified atom stereocenters. The van der Waals surface area contributed by atoms with Crippen LogP contribution in [-0.2, 0) is 19.6 Å². The minimum atomic E-state index is -3.71. The van der Waals surface area contributed by atoms with Crippen LogP contribution in [0.5, 0.6) is 5.75 Å². The third kappa shape index (κ3) is 5.85. The van der Waals surface area contributed by atoms with Crippen LogP contribution in [0.25, 0.3) is 6.08 Å². The fourth-order valence-electron chi connectivity index (χ4n) is 1.61. The zero-order chi connectivity index (χ0) is 16.7. The Hall–Kier alpha value is -2.16. The van der Waals surface area contributed by atoms with Crippen molar-refractivity contribution in [3.05, 3.63) is 52.7 Å². The molecule has 6 nitrogen and oxygen atoms in total. The molecule has 2 rings (SSSR count). The highest BCUT2D eigenvalue weighted by Gasteiger charge is 2.07. The van der Waals surface area contributed by atoms with Gasteiger partial charge in [0.2, 0.25) is 10.0 Å². The minimum Gasteiger partial charge on any atom is -0.490 e. The van der Waals surface area contributed by atoms with Gasteiger partial charge in [0.15, 0.2) is 0 Å². The normalized spacial score (nSPS) is 11.5. The first kappa shape index (κ1) is 17.2. The average Bonchev–Trinajstić information content (AvgIpc) is 3.02. The number of sulfonamides is 1. The van der Waals surface area contributed by atoms with E-state index in [2.05, 4.69) is 0 Å². The van der Waals surface area contributed by atoms with Crippen molar-refractivity contribution in [2.75, 3.05) is 13.2 Å². The Morgan fingerprint density at radius 1 is 1.17 bits per heavy atom. The van der Waals surface area contributed by atoms with E-state index in [1.807, 2.05) is 17.5 Å². The molecule has 0 aliphatic heterocycles. The summed E-state index contributed by atoms with van der Waals surface area (Å²) in [6.45, 7) is 0.248. The number of ether oxygens (including phenoxy) is 2. The van der Waals surface area contributed by atoms with E-state index in [4.69, 9.17) is 14.6 Å². The summed E-state index contributed by atoms with van der Waals surface area (Å²) in [5.41, 5.74) is 0. The number of carbonyl (C=O) groups is 1. The molecule has 0 bridgehead atoms. The van der Waals surface area contributed by atoms with Gasteiger partial charge in [-0.1, -0.05) is 6.07 Å². The molecule has 23 heavy (non-hydrogen) atoms. The van der Waals surface area contributed by atoms with Crippen LogP contribution in [0, 0.1) is 0 Å². The Morgan fingerprint density at radius 2 is 1.91 bits per heavy atom. The number of rotatable bonds is 7. The summed E-state index contributed by atoms with van der Waals surface area (Å²) in [6.07, 6.45) is 3.03. The Kier molecular flexibility index (Phi) is 5.91. The van der Waals surface area contributed by atoms with Crippen molar-refractivity contribution >= 4 is 33.4 Å². The second kappa shape index (κ2) is 7.91. The Bertz CT molecular complexity index is 765. The lowest BCUT2D eigenvalue weighted by Crippen LogP contribution is -2.12. The second-order valence-corrected chi connectivity index (χ2v) is 6.92. The summed E-state index contributed by atoms with van der Waals surface area (Å²) < 4.78 is 32.5. The van der Waals surface area contributed by atoms with E-state index in [0.29, 0.717) is 5.75 Å². The van der Waals surface area contributed by atoms with Crippen LogP contribution >= 0.6 is 11.3 Å². The Balaban J connectivity index is 1.72. The van der Waals surface area contributed by atoms with Gasteiger partial charge in [-0.2, -0.15) is 0 Å². The van der Waals surface area contributed by atoms with Crippen molar-refractivity contribution in [2.24, 2.45) is 5.14 Å². The summed E-state index contributed by atoms with van der Waals surface area (Å²) in [5, 5.41) is 6.91. The van der Waals surface area contributed by atoms with Crippen molar-refractivity contribution in [1.29, 1.82) is 0 Å². The molecule has 0 spiro atoms. The molecule has 0 fully saturated rings. The van der Waals surface area contributed by atoms with Crippen LogP contribution in [-0.4, -0.2) is 27.6 Å². The van der Waals surface area contributed by atoms with Gasteiger partial charge in [-0.3, -0.25) is 0 Å². The number of benzene rings is 1. The molecule has 0 saturated heterocycles. The lowest BCUT2D eigenvalue weighted by atomic mass is 10.3. The molecule has 0 aliphatic carbocycles. The molecule has 1 heterocycles. The standard InChI is InChI=1S/C15H15NO5S2/c16-23(18,19)14-6-3-12(4-7-14)20-9-10-21-15(17)8-5-13-2-1-11-22-13/h1-8,11H,9-10H2,(H2,16,18,19)/b8-5+. The fraction of sp³-hybridized carbons (Fsp3) is 0.133. The highest BCUT2D eigenvalue weighted by molar-refractivity contribution is 7.89. The van der Waals surface area contributed by atoms with Crippen LogP contribution < -0.4 is 9.88 Å². The smallest absolute Gasteiger partial charge is 0.330 e. The van der Waals surface area contributed by atoms with Crippen molar-refractivity contribution in [2.45, 2.75) is 4.90 Å². The molecule has 8 heteroatoms. The Morgan fingerprint density at radius 3 is 2.52 bits per heavy atom. The molecule has 122 valence electrons. The number of hydrogen-bond acceptors (Lipinski definition) is 6. The predicted octanol–water partition coefficient (Wildman–Crippen LogP) is 2.03. The lowest BCUT2D eigenvalue weighted by Gasteiger charge is -2.06. The largest absolute Gasteiger partial charge is 0.490 e. The van der Waals surface area contributed by atoms with E-state index in [1.165, 1.54) is 41.7 Å². The predicted molar refractivity (Wildman–Crippen MR) is 87.6 cm³/mol. The number of esters is 1. The summed E-state index contributed by atoms with van der Waals surface area (Å²) in [4.78, 5) is 12.4. The number of primary sulfonamides is 1. The van der Waals surface area contributed by atoms with Crippen LogP contribution in [0.15, 0.2) is 52.7 Å². The summed E-state index contributed by atoms with van der Waals surface area (Å²) in [6, 6.07) is 9.45. The maximum atomic E-state index is 11.5. The molecule has 1 aromatic carbocycles. The molecule has 0 atom stereocenters. The first-order valence-corrected chi connectivity index (χ1v) is 9.02. The van der Waals surface area contributed by atoms with Gasteiger partial charge in [-0.25, -0.2) is 18.4 Å². The number of thiophene rings is 1. The van der Waals surface area contributed by atoms with E-state index in [-0.39, 0.29) is 18.1 Å². The van der Waals surface area contributed by atoms with Crippen molar-refractivity contribution in [3.63, 3.8) is 0 Å². The zero-order valence-corrected chi connectivity index (χ0v) is 13.7. The van der Waals surface area contributed by atoms with E-state index in [1.54, 1.807) is 6.08 Å². The molecular weight excluding hydrogens is 338 g/mol. The molecule has 0 amide bonds. The van der Waals surface area contributed by atoms with E-state index < -0.39 is 16.0 Å². The monoisotopic (exact) mass is 353 g/mol. The van der Waals surface area contributed by atoms with E-state index in [9.17, 15) is 13.2 Å². The number of nitrogens with two attached hydrogens (primary N) is 1. The van der Waals surface area contributed by atoms with Crippen LogP contribution in [0.4, 0.5) is 0 Å². The quantitative estimate of drug-likeness (QED) is 0.467. The topological polar surface area (TPSA) is 95.7 Å². The third-order valence-corrected chi connectivity index (χ3v) is 4.44. The van der Waals surface area contributed by atoms with Gasteiger partial charge in [0.05, 0.1) is 4.90 Å². The minimum absolute atomic E-state index is 0.00925. The molecule has 2 aromatic rings.